The average molecular weight is 379 g/mol. The Morgan fingerprint density at radius 2 is 1.96 bits per heavy atom. The first-order chi connectivity index (χ1) is 12.8. The molecule has 27 heavy (non-hydrogen) atoms. The van der Waals surface area contributed by atoms with Crippen LogP contribution in [0.4, 0.5) is 28.9 Å². The highest BCUT2D eigenvalue weighted by molar-refractivity contribution is 5.95. The van der Waals surface area contributed by atoms with Gasteiger partial charge in [0.25, 0.3) is 0 Å². The van der Waals surface area contributed by atoms with Crippen molar-refractivity contribution in [2.75, 3.05) is 17.2 Å². The van der Waals surface area contributed by atoms with Crippen molar-refractivity contribution in [3.63, 3.8) is 0 Å². The molecule has 0 saturated heterocycles. The summed E-state index contributed by atoms with van der Waals surface area (Å²) in [4.78, 5) is 15.9. The van der Waals surface area contributed by atoms with Gasteiger partial charge in [0.1, 0.15) is 18.5 Å². The Balaban J connectivity index is 1.80. The fourth-order valence-corrected chi connectivity index (χ4v) is 2.32. The van der Waals surface area contributed by atoms with E-state index in [4.69, 9.17) is 0 Å². The van der Waals surface area contributed by atoms with Crippen molar-refractivity contribution < 1.29 is 22.4 Å². The Morgan fingerprint density at radius 1 is 1.15 bits per heavy atom. The van der Waals surface area contributed by atoms with Gasteiger partial charge in [0.2, 0.25) is 5.91 Å². The van der Waals surface area contributed by atoms with Crippen molar-refractivity contribution in [2.24, 2.45) is 0 Å². The lowest BCUT2D eigenvalue weighted by Gasteiger charge is -2.15. The summed E-state index contributed by atoms with van der Waals surface area (Å²) in [6.45, 7) is -0.267. The topological polar surface area (TPSA) is 71.8 Å². The second-order valence-electron chi connectivity index (χ2n) is 5.48. The van der Waals surface area contributed by atoms with Crippen LogP contribution in [0.15, 0.2) is 55.1 Å². The van der Waals surface area contributed by atoms with Gasteiger partial charge in [-0.3, -0.25) is 4.79 Å². The molecule has 3 rings (SSSR count). The maximum atomic E-state index is 13.1. The van der Waals surface area contributed by atoms with E-state index >= 15 is 0 Å². The summed E-state index contributed by atoms with van der Waals surface area (Å²) >= 11 is 0. The van der Waals surface area contributed by atoms with E-state index in [0.29, 0.717) is 5.69 Å². The van der Waals surface area contributed by atoms with Crippen molar-refractivity contribution in [1.82, 2.24) is 14.8 Å². The molecule has 0 aliphatic heterocycles. The average Bonchev–Trinajstić information content (AvgIpc) is 3.13. The molecule has 0 atom stereocenters. The summed E-state index contributed by atoms with van der Waals surface area (Å²) < 4.78 is 53.3. The Bertz CT molecular complexity index is 941. The Hall–Kier alpha value is -3.43. The van der Waals surface area contributed by atoms with Gasteiger partial charge in [0.05, 0.1) is 23.5 Å². The maximum absolute atomic E-state index is 13.1. The van der Waals surface area contributed by atoms with E-state index in [1.807, 2.05) is 0 Å². The molecule has 3 aromatic rings. The molecule has 2 aromatic carbocycles. The van der Waals surface area contributed by atoms with Crippen LogP contribution in [0.1, 0.15) is 5.56 Å². The Labute approximate surface area is 150 Å². The van der Waals surface area contributed by atoms with Gasteiger partial charge < -0.3 is 10.6 Å². The second-order valence-corrected chi connectivity index (χ2v) is 5.48. The van der Waals surface area contributed by atoms with Crippen molar-refractivity contribution in [2.45, 2.75) is 6.18 Å². The predicted molar refractivity (Wildman–Crippen MR) is 89.9 cm³/mol. The van der Waals surface area contributed by atoms with Crippen molar-refractivity contribution in [3.8, 4) is 5.69 Å². The lowest BCUT2D eigenvalue weighted by atomic mass is 10.1. The molecule has 0 fully saturated rings. The summed E-state index contributed by atoms with van der Waals surface area (Å²) in [6, 6.07) is 8.35. The molecular formula is C17H13F4N5O. The first-order valence-corrected chi connectivity index (χ1v) is 7.68. The highest BCUT2D eigenvalue weighted by Gasteiger charge is 2.31. The number of hydrogen-bond acceptors (Lipinski definition) is 4. The molecule has 0 saturated carbocycles. The summed E-state index contributed by atoms with van der Waals surface area (Å²) in [5.74, 6) is -1.09. The van der Waals surface area contributed by atoms with Crippen LogP contribution in [0.25, 0.3) is 5.69 Å². The third-order valence-corrected chi connectivity index (χ3v) is 3.54. The zero-order valence-electron chi connectivity index (χ0n) is 13.7. The molecule has 0 unspecified atom stereocenters. The van der Waals surface area contributed by atoms with Crippen LogP contribution >= 0.6 is 0 Å². The number of halogens is 4. The van der Waals surface area contributed by atoms with Gasteiger partial charge in [-0.15, -0.1) is 0 Å². The minimum atomic E-state index is -4.57. The smallest absolute Gasteiger partial charge is 0.376 e. The zero-order chi connectivity index (χ0) is 19.4. The number of alkyl halides is 3. The number of carbonyl (C=O) groups excluding carboxylic acids is 1. The van der Waals surface area contributed by atoms with Crippen LogP contribution in [-0.2, 0) is 11.0 Å². The molecule has 1 amide bonds. The summed E-state index contributed by atoms with van der Waals surface area (Å²) in [5, 5.41) is 8.97. The highest BCUT2D eigenvalue weighted by atomic mass is 19.4. The van der Waals surface area contributed by atoms with Gasteiger partial charge in [0, 0.05) is 5.69 Å². The predicted octanol–water partition coefficient (Wildman–Crippen LogP) is 3.48. The minimum Gasteiger partial charge on any atom is -0.376 e. The standard InChI is InChI=1S/C17H13F4N5O/c18-12-2-1-3-13(7-12)23-8-16(27)25-14-6-11(17(19,20)21)4-5-15(14)26-10-22-9-24-26/h1-7,9-10,23H,8H2,(H,25,27). The van der Waals surface area contributed by atoms with E-state index in [2.05, 4.69) is 20.7 Å². The first-order valence-electron chi connectivity index (χ1n) is 7.68. The molecule has 0 aliphatic carbocycles. The van der Waals surface area contributed by atoms with Crippen molar-refractivity contribution in [1.29, 1.82) is 0 Å². The molecule has 0 radical (unpaired) electrons. The van der Waals surface area contributed by atoms with Gasteiger partial charge >= 0.3 is 6.18 Å². The fourth-order valence-electron chi connectivity index (χ4n) is 2.32. The van der Waals surface area contributed by atoms with Crippen LogP contribution in [0.5, 0.6) is 0 Å². The van der Waals surface area contributed by atoms with Gasteiger partial charge in [-0.1, -0.05) is 6.07 Å². The van der Waals surface area contributed by atoms with Crippen LogP contribution in [0.3, 0.4) is 0 Å². The minimum absolute atomic E-state index is 0.0821. The first kappa shape index (κ1) is 18.4. The van der Waals surface area contributed by atoms with E-state index in [1.54, 1.807) is 6.07 Å². The molecule has 0 bridgehead atoms. The maximum Gasteiger partial charge on any atom is 0.416 e. The van der Waals surface area contributed by atoms with Crippen LogP contribution in [0, 0.1) is 5.82 Å². The summed E-state index contributed by atoms with van der Waals surface area (Å²) in [5.41, 5.74) is -0.411. The third-order valence-electron chi connectivity index (χ3n) is 3.54. The lowest BCUT2D eigenvalue weighted by molar-refractivity contribution is -0.137. The molecule has 1 heterocycles. The van der Waals surface area contributed by atoms with Crippen LogP contribution < -0.4 is 10.6 Å². The van der Waals surface area contributed by atoms with Crippen molar-refractivity contribution >= 4 is 17.3 Å². The number of hydrogen-bond donors (Lipinski definition) is 2. The van der Waals surface area contributed by atoms with Crippen LogP contribution in [0.2, 0.25) is 0 Å². The number of carbonyl (C=O) groups is 1. The lowest BCUT2D eigenvalue weighted by Crippen LogP contribution is -2.23. The zero-order valence-corrected chi connectivity index (χ0v) is 13.7. The number of nitrogens with one attached hydrogen (secondary N) is 2. The second kappa shape index (κ2) is 7.44. The molecular weight excluding hydrogens is 366 g/mol. The number of rotatable bonds is 5. The van der Waals surface area contributed by atoms with Gasteiger partial charge in [-0.25, -0.2) is 14.1 Å². The molecule has 140 valence electrons. The highest BCUT2D eigenvalue weighted by Crippen LogP contribution is 2.33. The normalized spacial score (nSPS) is 11.3. The Kier molecular flexibility index (Phi) is 5.06. The molecule has 2 N–H and O–H groups in total. The summed E-state index contributed by atoms with van der Waals surface area (Å²) in [6.07, 6.45) is -2.06. The van der Waals surface area contributed by atoms with E-state index in [1.165, 1.54) is 41.6 Å². The van der Waals surface area contributed by atoms with Crippen molar-refractivity contribution in [3.05, 3.63) is 66.5 Å². The number of nitrogens with zero attached hydrogens (tertiary/aromatic N) is 3. The molecule has 10 heteroatoms. The van der Waals surface area contributed by atoms with Gasteiger partial charge in [-0.05, 0) is 36.4 Å². The fraction of sp³-hybridized carbons (Fsp3) is 0.118. The monoisotopic (exact) mass is 379 g/mol. The molecule has 6 nitrogen and oxygen atoms in total. The SMILES string of the molecule is O=C(CNc1cccc(F)c1)Nc1cc(C(F)(F)F)ccc1-n1cncn1. The van der Waals surface area contributed by atoms with Gasteiger partial charge in [-0.2, -0.15) is 18.3 Å². The largest absolute Gasteiger partial charge is 0.416 e. The Morgan fingerprint density at radius 3 is 2.63 bits per heavy atom. The number of benzene rings is 2. The quantitative estimate of drug-likeness (QED) is 0.666. The number of anilines is 2. The molecule has 0 aliphatic rings. The number of aromatic nitrogens is 3. The number of amides is 1. The van der Waals surface area contributed by atoms with E-state index < -0.39 is 23.5 Å². The van der Waals surface area contributed by atoms with Crippen LogP contribution in [-0.4, -0.2) is 27.2 Å². The van der Waals surface area contributed by atoms with E-state index in [9.17, 15) is 22.4 Å². The summed E-state index contributed by atoms with van der Waals surface area (Å²) in [7, 11) is 0. The third kappa shape index (κ3) is 4.60. The van der Waals surface area contributed by atoms with E-state index in [-0.39, 0.29) is 17.9 Å². The van der Waals surface area contributed by atoms with Gasteiger partial charge in [0.15, 0.2) is 0 Å². The molecule has 1 aromatic heterocycles. The van der Waals surface area contributed by atoms with E-state index in [0.717, 1.165) is 12.1 Å². The molecule has 0 spiro atoms.